The van der Waals surface area contributed by atoms with E-state index in [0.717, 1.165) is 18.5 Å². The topological polar surface area (TPSA) is 72.2 Å². The number of carbonyl (C=O) groups is 2. The summed E-state index contributed by atoms with van der Waals surface area (Å²) in [6.07, 6.45) is 1.94. The molecule has 0 saturated heterocycles. The van der Waals surface area contributed by atoms with Crippen molar-refractivity contribution >= 4 is 11.8 Å². The van der Waals surface area contributed by atoms with Gasteiger partial charge in [0, 0.05) is 12.5 Å². The molecule has 5 nitrogen and oxygen atoms in total. The van der Waals surface area contributed by atoms with Crippen molar-refractivity contribution in [2.75, 3.05) is 0 Å². The SMILES string of the molecule is CC(C)n1nc(C(=O)O)c2c1CCCC2=O. The zero-order valence-corrected chi connectivity index (χ0v) is 9.36. The van der Waals surface area contributed by atoms with Crippen LogP contribution in [0.25, 0.3) is 0 Å². The lowest BCUT2D eigenvalue weighted by atomic mass is 9.94. The van der Waals surface area contributed by atoms with Crippen LogP contribution < -0.4 is 0 Å². The molecule has 1 aromatic rings. The summed E-state index contributed by atoms with van der Waals surface area (Å²) in [7, 11) is 0. The average Bonchev–Trinajstić information content (AvgIpc) is 2.58. The van der Waals surface area contributed by atoms with Gasteiger partial charge in [0.05, 0.1) is 11.3 Å². The van der Waals surface area contributed by atoms with Crippen molar-refractivity contribution in [3.63, 3.8) is 0 Å². The lowest BCUT2D eigenvalue weighted by molar-refractivity contribution is 0.0684. The van der Waals surface area contributed by atoms with Gasteiger partial charge in [-0.05, 0) is 26.7 Å². The van der Waals surface area contributed by atoms with E-state index in [-0.39, 0.29) is 17.5 Å². The second-order valence-corrected chi connectivity index (χ2v) is 4.29. The monoisotopic (exact) mass is 222 g/mol. The van der Waals surface area contributed by atoms with Crippen LogP contribution in [0.4, 0.5) is 0 Å². The van der Waals surface area contributed by atoms with Gasteiger partial charge < -0.3 is 5.11 Å². The van der Waals surface area contributed by atoms with Crippen molar-refractivity contribution < 1.29 is 14.7 Å². The molecule has 16 heavy (non-hydrogen) atoms. The van der Waals surface area contributed by atoms with E-state index in [1.807, 2.05) is 13.8 Å². The van der Waals surface area contributed by atoms with Gasteiger partial charge in [-0.1, -0.05) is 0 Å². The first-order chi connectivity index (χ1) is 7.52. The van der Waals surface area contributed by atoms with Crippen LogP contribution in [0.5, 0.6) is 0 Å². The molecule has 5 heteroatoms. The molecular weight excluding hydrogens is 208 g/mol. The van der Waals surface area contributed by atoms with Gasteiger partial charge in [0.1, 0.15) is 0 Å². The van der Waals surface area contributed by atoms with Crippen molar-refractivity contribution in [2.45, 2.75) is 39.2 Å². The Bertz CT molecular complexity index is 460. The lowest BCUT2D eigenvalue weighted by Gasteiger charge is -2.15. The maximum absolute atomic E-state index is 11.7. The molecule has 1 aliphatic rings. The molecule has 0 bridgehead atoms. The van der Waals surface area contributed by atoms with E-state index in [9.17, 15) is 9.59 Å². The summed E-state index contributed by atoms with van der Waals surface area (Å²) in [6.45, 7) is 3.86. The Hall–Kier alpha value is -1.65. The first kappa shape index (κ1) is 10.9. The Kier molecular flexibility index (Phi) is 2.53. The van der Waals surface area contributed by atoms with E-state index in [0.29, 0.717) is 12.0 Å². The Morgan fingerprint density at radius 1 is 1.44 bits per heavy atom. The summed E-state index contributed by atoms with van der Waals surface area (Å²) < 4.78 is 1.66. The summed E-state index contributed by atoms with van der Waals surface area (Å²) in [5.74, 6) is -1.21. The fraction of sp³-hybridized carbons (Fsp3) is 0.545. The predicted octanol–water partition coefficient (Wildman–Crippen LogP) is 1.68. The molecule has 0 aliphatic heterocycles. The lowest BCUT2D eigenvalue weighted by Crippen LogP contribution is -2.15. The molecular formula is C11H14N2O3. The number of fused-ring (bicyclic) bond motifs is 1. The predicted molar refractivity (Wildman–Crippen MR) is 56.8 cm³/mol. The zero-order chi connectivity index (χ0) is 11.9. The van der Waals surface area contributed by atoms with Crippen LogP contribution in [-0.4, -0.2) is 26.6 Å². The summed E-state index contributed by atoms with van der Waals surface area (Å²) >= 11 is 0. The maximum Gasteiger partial charge on any atom is 0.357 e. The van der Waals surface area contributed by atoms with E-state index in [1.54, 1.807) is 4.68 Å². The van der Waals surface area contributed by atoms with Gasteiger partial charge in [-0.25, -0.2) is 4.79 Å². The van der Waals surface area contributed by atoms with Crippen LogP contribution >= 0.6 is 0 Å². The largest absolute Gasteiger partial charge is 0.476 e. The molecule has 0 radical (unpaired) electrons. The fourth-order valence-electron chi connectivity index (χ4n) is 2.12. The van der Waals surface area contributed by atoms with Gasteiger partial charge in [-0.15, -0.1) is 0 Å². The molecule has 86 valence electrons. The van der Waals surface area contributed by atoms with E-state index >= 15 is 0 Å². The quantitative estimate of drug-likeness (QED) is 0.826. The van der Waals surface area contributed by atoms with E-state index in [1.165, 1.54) is 0 Å². The van der Waals surface area contributed by atoms with Crippen LogP contribution in [0.15, 0.2) is 0 Å². The highest BCUT2D eigenvalue weighted by atomic mass is 16.4. The van der Waals surface area contributed by atoms with Crippen LogP contribution in [0.3, 0.4) is 0 Å². The van der Waals surface area contributed by atoms with Crippen molar-refractivity contribution in [2.24, 2.45) is 0 Å². The smallest absolute Gasteiger partial charge is 0.357 e. The first-order valence-electron chi connectivity index (χ1n) is 5.40. The third-order valence-corrected chi connectivity index (χ3v) is 2.80. The minimum absolute atomic E-state index is 0.0766. The number of carboxylic acid groups (broad SMARTS) is 1. The van der Waals surface area contributed by atoms with Gasteiger partial charge in [0.15, 0.2) is 11.5 Å². The minimum atomic E-state index is -1.12. The van der Waals surface area contributed by atoms with Gasteiger partial charge in [0.2, 0.25) is 0 Å². The molecule has 1 aliphatic carbocycles. The molecule has 1 N–H and O–H groups in total. The summed E-state index contributed by atoms with van der Waals surface area (Å²) in [4.78, 5) is 22.8. The molecule has 1 heterocycles. The number of hydrogen-bond donors (Lipinski definition) is 1. The van der Waals surface area contributed by atoms with E-state index in [2.05, 4.69) is 5.10 Å². The van der Waals surface area contributed by atoms with Crippen LogP contribution in [0.2, 0.25) is 0 Å². The third-order valence-electron chi connectivity index (χ3n) is 2.80. The molecule has 1 aromatic heterocycles. The van der Waals surface area contributed by atoms with Gasteiger partial charge in [0.25, 0.3) is 0 Å². The number of Topliss-reactive ketones (excluding diaryl/α,β-unsaturated/α-hetero) is 1. The normalized spacial score (nSPS) is 15.3. The first-order valence-corrected chi connectivity index (χ1v) is 5.40. The molecule has 0 aromatic carbocycles. The van der Waals surface area contributed by atoms with Gasteiger partial charge in [-0.3, -0.25) is 9.48 Å². The van der Waals surface area contributed by atoms with Crippen molar-refractivity contribution in [1.82, 2.24) is 9.78 Å². The average molecular weight is 222 g/mol. The highest BCUT2D eigenvalue weighted by Crippen LogP contribution is 2.26. The van der Waals surface area contributed by atoms with Gasteiger partial charge in [-0.2, -0.15) is 5.10 Å². The number of carboxylic acids is 1. The standard InChI is InChI=1S/C11H14N2O3/c1-6(2)13-7-4-3-5-8(14)9(7)10(12-13)11(15)16/h6H,3-5H2,1-2H3,(H,15,16). The van der Waals surface area contributed by atoms with E-state index in [4.69, 9.17) is 5.11 Å². The molecule has 0 saturated carbocycles. The number of nitrogens with zero attached hydrogens (tertiary/aromatic N) is 2. The van der Waals surface area contributed by atoms with Crippen LogP contribution in [0.1, 0.15) is 59.3 Å². The summed E-state index contributed by atoms with van der Waals surface area (Å²) in [5, 5.41) is 13.1. The van der Waals surface area contributed by atoms with Crippen LogP contribution in [0, 0.1) is 0 Å². The number of aromatic nitrogens is 2. The number of aromatic carboxylic acids is 1. The molecule has 0 atom stereocenters. The van der Waals surface area contributed by atoms with Crippen molar-refractivity contribution in [3.8, 4) is 0 Å². The third kappa shape index (κ3) is 1.52. The maximum atomic E-state index is 11.7. The fourth-order valence-corrected chi connectivity index (χ4v) is 2.12. The Balaban J connectivity index is 2.65. The molecule has 0 spiro atoms. The number of carbonyl (C=O) groups excluding carboxylic acids is 1. The van der Waals surface area contributed by atoms with E-state index < -0.39 is 5.97 Å². The second-order valence-electron chi connectivity index (χ2n) is 4.29. The highest BCUT2D eigenvalue weighted by molar-refractivity contribution is 6.06. The Labute approximate surface area is 93.1 Å². The number of rotatable bonds is 2. The van der Waals surface area contributed by atoms with Crippen molar-refractivity contribution in [1.29, 1.82) is 0 Å². The number of hydrogen-bond acceptors (Lipinski definition) is 3. The molecule has 2 rings (SSSR count). The second kappa shape index (κ2) is 3.73. The highest BCUT2D eigenvalue weighted by Gasteiger charge is 2.30. The van der Waals surface area contributed by atoms with Crippen molar-refractivity contribution in [3.05, 3.63) is 17.0 Å². The summed E-state index contributed by atoms with van der Waals surface area (Å²) in [5.41, 5.74) is 1.02. The Morgan fingerprint density at radius 2 is 2.12 bits per heavy atom. The minimum Gasteiger partial charge on any atom is -0.476 e. The van der Waals surface area contributed by atoms with Crippen LogP contribution in [-0.2, 0) is 6.42 Å². The molecule has 0 amide bonds. The molecule has 0 unspecified atom stereocenters. The Morgan fingerprint density at radius 3 is 2.69 bits per heavy atom. The summed E-state index contributed by atoms with van der Waals surface area (Å²) in [6, 6.07) is 0.0766. The zero-order valence-electron chi connectivity index (χ0n) is 9.36. The number of ketones is 1. The molecule has 0 fully saturated rings. The van der Waals surface area contributed by atoms with Gasteiger partial charge >= 0.3 is 5.97 Å².